The first-order chi connectivity index (χ1) is 13.4. The van der Waals surface area contributed by atoms with Gasteiger partial charge in [0.25, 0.3) is 0 Å². The number of hydrogen-bond acceptors (Lipinski definition) is 6. The van der Waals surface area contributed by atoms with Gasteiger partial charge >= 0.3 is 0 Å². The zero-order valence-corrected chi connectivity index (χ0v) is 16.7. The molecule has 28 heavy (non-hydrogen) atoms. The van der Waals surface area contributed by atoms with Crippen LogP contribution >= 0.6 is 0 Å². The quantitative estimate of drug-likeness (QED) is 0.289. The number of benzene rings is 2. The third kappa shape index (κ3) is 4.97. The van der Waals surface area contributed by atoms with Crippen molar-refractivity contribution in [1.82, 2.24) is 9.56 Å². The smallest absolute Gasteiger partial charge is 0.203 e. The van der Waals surface area contributed by atoms with E-state index in [1.165, 1.54) is 11.0 Å². The highest BCUT2D eigenvalue weighted by atomic mass is 16.9. The number of nitrogens with zero attached hydrogens (tertiary/aromatic N) is 4. The van der Waals surface area contributed by atoms with E-state index in [0.29, 0.717) is 0 Å². The minimum Gasteiger partial charge on any atom is -0.452 e. The van der Waals surface area contributed by atoms with Crippen LogP contribution in [-0.2, 0) is 0 Å². The van der Waals surface area contributed by atoms with Crippen molar-refractivity contribution in [3.05, 3.63) is 57.1 Å². The maximum Gasteiger partial charge on any atom is 0.203 e. The van der Waals surface area contributed by atoms with E-state index in [9.17, 15) is 0 Å². The SMILES string of the molecule is CCN(CC)c1ccc2nc3ccc(=[N+](CC)CC)cc-3oc2c1.O=[N+]([O-])[O-]. The van der Waals surface area contributed by atoms with Crippen LogP contribution in [0.15, 0.2) is 40.8 Å². The Balaban J connectivity index is 0.000000640. The molecule has 0 bridgehead atoms. The number of anilines is 1. The summed E-state index contributed by atoms with van der Waals surface area (Å²) in [4.78, 5) is 15.3. The summed E-state index contributed by atoms with van der Waals surface area (Å²) in [5.74, 6) is 0.837. The van der Waals surface area contributed by atoms with Gasteiger partial charge in [-0.05, 0) is 45.9 Å². The van der Waals surface area contributed by atoms with Gasteiger partial charge in [0.15, 0.2) is 11.3 Å². The molecule has 0 aromatic heterocycles. The van der Waals surface area contributed by atoms with Crippen LogP contribution < -0.4 is 14.8 Å². The van der Waals surface area contributed by atoms with E-state index in [-0.39, 0.29) is 0 Å². The van der Waals surface area contributed by atoms with Crippen molar-refractivity contribution in [2.24, 2.45) is 0 Å². The van der Waals surface area contributed by atoms with E-state index >= 15 is 0 Å². The highest BCUT2D eigenvalue weighted by Gasteiger charge is 2.12. The molecule has 3 rings (SSSR count). The van der Waals surface area contributed by atoms with Crippen molar-refractivity contribution < 1.29 is 9.50 Å². The molecule has 8 nitrogen and oxygen atoms in total. The Morgan fingerprint density at radius 3 is 2.21 bits per heavy atom. The Kier molecular flexibility index (Phi) is 7.31. The number of rotatable bonds is 5. The monoisotopic (exact) mass is 386 g/mol. The number of hydrogen-bond donors (Lipinski definition) is 0. The molecule has 150 valence electrons. The molecule has 0 radical (unpaired) electrons. The number of aromatic nitrogens is 1. The molecule has 1 aromatic rings. The minimum absolute atomic E-state index is 0.837. The van der Waals surface area contributed by atoms with Gasteiger partial charge in [0.05, 0.1) is 11.2 Å². The maximum atomic E-state index is 8.25. The predicted molar refractivity (Wildman–Crippen MR) is 111 cm³/mol. The Morgan fingerprint density at radius 2 is 1.64 bits per heavy atom. The lowest BCUT2D eigenvalue weighted by Crippen LogP contribution is -2.29. The molecule has 0 saturated heterocycles. The summed E-state index contributed by atoms with van der Waals surface area (Å²) >= 11 is 0. The molecule has 1 heterocycles. The zero-order chi connectivity index (χ0) is 20.7. The van der Waals surface area contributed by atoms with E-state index in [2.05, 4.69) is 61.4 Å². The first-order valence-electron chi connectivity index (χ1n) is 9.42. The lowest BCUT2D eigenvalue weighted by atomic mass is 10.2. The third-order valence-electron chi connectivity index (χ3n) is 4.60. The Bertz CT molecular complexity index is 969. The second-order valence-corrected chi connectivity index (χ2v) is 6.09. The summed E-state index contributed by atoms with van der Waals surface area (Å²) in [5.41, 5.74) is 3.81. The highest BCUT2D eigenvalue weighted by Crippen LogP contribution is 2.26. The van der Waals surface area contributed by atoms with Gasteiger partial charge in [0.1, 0.15) is 24.3 Å². The standard InChI is InChI=1S/C20H26N3O.NO3/c1-5-22(6-2)15-9-11-17-19(13-15)24-20-14-16(23(7-3)8-4)10-12-18(20)21-17;2-1(3)4/h9-14H,5-8H2,1-4H3;/q+1;-1. The van der Waals surface area contributed by atoms with Gasteiger partial charge in [-0.15, -0.1) is 0 Å². The highest BCUT2D eigenvalue weighted by molar-refractivity contribution is 5.80. The zero-order valence-electron chi connectivity index (χ0n) is 16.7. The Hall–Kier alpha value is -3.16. The van der Waals surface area contributed by atoms with Crippen LogP contribution in [0.2, 0.25) is 0 Å². The second-order valence-electron chi connectivity index (χ2n) is 6.09. The van der Waals surface area contributed by atoms with Crippen LogP contribution in [0.4, 0.5) is 5.69 Å². The largest absolute Gasteiger partial charge is 0.452 e. The van der Waals surface area contributed by atoms with Gasteiger partial charge in [0, 0.05) is 30.9 Å². The molecule has 0 fully saturated rings. The van der Waals surface area contributed by atoms with E-state index in [4.69, 9.17) is 24.7 Å². The average molecular weight is 386 g/mol. The van der Waals surface area contributed by atoms with Crippen molar-refractivity contribution in [1.29, 1.82) is 0 Å². The molecule has 0 spiro atoms. The van der Waals surface area contributed by atoms with Gasteiger partial charge in [-0.1, -0.05) is 0 Å². The molecule has 0 saturated carbocycles. The Morgan fingerprint density at radius 1 is 1.00 bits per heavy atom. The molecule has 1 aromatic carbocycles. The van der Waals surface area contributed by atoms with Gasteiger partial charge in [-0.2, -0.15) is 0 Å². The predicted octanol–water partition coefficient (Wildman–Crippen LogP) is 3.35. The average Bonchev–Trinajstić information content (AvgIpc) is 2.67. The van der Waals surface area contributed by atoms with E-state index in [1.54, 1.807) is 0 Å². The molecule has 0 atom stereocenters. The van der Waals surface area contributed by atoms with Gasteiger partial charge in [-0.3, -0.25) is 0 Å². The molecular weight excluding hydrogens is 360 g/mol. The minimum atomic E-state index is -1.75. The topological polar surface area (TPSA) is 98.5 Å². The summed E-state index contributed by atoms with van der Waals surface area (Å²) < 4.78 is 8.50. The van der Waals surface area contributed by atoms with Gasteiger partial charge in [0.2, 0.25) is 5.36 Å². The van der Waals surface area contributed by atoms with Crippen molar-refractivity contribution >= 4 is 16.8 Å². The summed E-state index contributed by atoms with van der Waals surface area (Å²) in [6.07, 6.45) is 0. The first kappa shape index (κ1) is 21.1. The molecule has 0 amide bonds. The fourth-order valence-corrected chi connectivity index (χ4v) is 3.17. The number of fused-ring (bicyclic) bond motifs is 2. The molecule has 0 unspecified atom stereocenters. The molecular formula is C20H26N4O4. The van der Waals surface area contributed by atoms with Crippen molar-refractivity contribution in [2.75, 3.05) is 31.1 Å². The summed E-state index contributed by atoms with van der Waals surface area (Å²) in [5, 5.41) is 15.9. The summed E-state index contributed by atoms with van der Waals surface area (Å²) in [7, 11) is 0. The van der Waals surface area contributed by atoms with Crippen LogP contribution in [0.3, 0.4) is 0 Å². The van der Waals surface area contributed by atoms with Crippen LogP contribution in [0.25, 0.3) is 22.6 Å². The van der Waals surface area contributed by atoms with E-state index in [0.717, 1.165) is 48.7 Å². The van der Waals surface area contributed by atoms with Gasteiger partial charge < -0.3 is 24.6 Å². The normalized spacial score (nSPS) is 10.4. The summed E-state index contributed by atoms with van der Waals surface area (Å²) in [6, 6.07) is 12.5. The van der Waals surface area contributed by atoms with Crippen molar-refractivity contribution in [3.63, 3.8) is 0 Å². The second kappa shape index (κ2) is 9.68. The summed E-state index contributed by atoms with van der Waals surface area (Å²) in [6.45, 7) is 12.6. The van der Waals surface area contributed by atoms with Crippen LogP contribution in [0, 0.1) is 15.3 Å². The Labute approximate surface area is 163 Å². The van der Waals surface area contributed by atoms with Crippen LogP contribution in [0.1, 0.15) is 27.7 Å². The molecule has 1 aliphatic heterocycles. The first-order valence-corrected chi connectivity index (χ1v) is 9.42. The van der Waals surface area contributed by atoms with Crippen molar-refractivity contribution in [2.45, 2.75) is 27.7 Å². The lowest BCUT2D eigenvalue weighted by Gasteiger charge is -2.21. The molecule has 2 aliphatic rings. The maximum absolute atomic E-state index is 8.25. The molecule has 1 aliphatic carbocycles. The van der Waals surface area contributed by atoms with Gasteiger partial charge in [-0.25, -0.2) is 9.56 Å². The van der Waals surface area contributed by atoms with E-state index < -0.39 is 5.09 Å². The lowest BCUT2D eigenvalue weighted by molar-refractivity contribution is -0.402. The fraction of sp³-hybridized carbons (Fsp3) is 0.400. The van der Waals surface area contributed by atoms with Crippen molar-refractivity contribution in [3.8, 4) is 11.5 Å². The van der Waals surface area contributed by atoms with Crippen LogP contribution in [0.5, 0.6) is 0 Å². The van der Waals surface area contributed by atoms with Crippen LogP contribution in [-0.4, -0.2) is 36.2 Å². The molecule has 0 N–H and O–H groups in total. The third-order valence-corrected chi connectivity index (χ3v) is 4.60. The fourth-order valence-electron chi connectivity index (χ4n) is 3.17. The molecule has 8 heteroatoms. The van der Waals surface area contributed by atoms with E-state index in [1.807, 2.05) is 12.1 Å².